The Balaban J connectivity index is 2.92. The lowest BCUT2D eigenvalue weighted by atomic mass is 9.79. The predicted molar refractivity (Wildman–Crippen MR) is 53.8 cm³/mol. The van der Waals surface area contributed by atoms with Gasteiger partial charge >= 0.3 is 7.12 Å². The van der Waals surface area contributed by atoms with E-state index in [1.165, 1.54) is 17.0 Å². The van der Waals surface area contributed by atoms with Crippen LogP contribution >= 0.6 is 0 Å². The fourth-order valence-electron chi connectivity index (χ4n) is 1.21. The summed E-state index contributed by atoms with van der Waals surface area (Å²) in [4.78, 5) is 11.7. The molecule has 1 aromatic carbocycles. The second kappa shape index (κ2) is 4.90. The molecule has 0 atom stereocenters. The number of carbonyl (C=O) groups is 1. The average molecular weight is 211 g/mol. The number of halogens is 1. The summed E-state index contributed by atoms with van der Waals surface area (Å²) in [6, 6.07) is 3.95. The van der Waals surface area contributed by atoms with Gasteiger partial charge in [0.05, 0.1) is 0 Å². The van der Waals surface area contributed by atoms with E-state index in [-0.39, 0.29) is 5.46 Å². The average Bonchev–Trinajstić information content (AvgIpc) is 2.20. The number of carbonyl (C=O) groups excluding carboxylic acids is 1. The minimum Gasteiger partial charge on any atom is -0.423 e. The summed E-state index contributed by atoms with van der Waals surface area (Å²) in [6.45, 7) is 0.295. The number of hydrogen-bond donors (Lipinski definition) is 2. The molecule has 0 saturated heterocycles. The van der Waals surface area contributed by atoms with Crippen molar-refractivity contribution in [3.63, 3.8) is 0 Å². The van der Waals surface area contributed by atoms with E-state index in [0.717, 1.165) is 6.07 Å². The first-order valence-electron chi connectivity index (χ1n) is 4.34. The van der Waals surface area contributed by atoms with Crippen molar-refractivity contribution >= 4 is 19.0 Å². The van der Waals surface area contributed by atoms with Crippen LogP contribution in [-0.2, 0) is 11.3 Å². The van der Waals surface area contributed by atoms with Gasteiger partial charge in [0.25, 0.3) is 0 Å². The fourth-order valence-corrected chi connectivity index (χ4v) is 1.21. The Hall–Kier alpha value is -1.40. The van der Waals surface area contributed by atoms with E-state index < -0.39 is 12.9 Å². The molecule has 1 amide bonds. The second-order valence-corrected chi connectivity index (χ2v) is 3.25. The molecular formula is C9H11BFNO3. The zero-order valence-corrected chi connectivity index (χ0v) is 8.22. The van der Waals surface area contributed by atoms with Crippen molar-refractivity contribution in [3.8, 4) is 0 Å². The molecule has 0 heterocycles. The number of rotatable bonds is 4. The molecule has 0 aliphatic heterocycles. The molecule has 2 N–H and O–H groups in total. The maximum absolute atomic E-state index is 13.0. The summed E-state index contributed by atoms with van der Waals surface area (Å²) in [5.74, 6) is -0.678. The monoisotopic (exact) mass is 211 g/mol. The van der Waals surface area contributed by atoms with Gasteiger partial charge in [-0.25, -0.2) is 4.39 Å². The Morgan fingerprint density at radius 3 is 2.73 bits per heavy atom. The highest BCUT2D eigenvalue weighted by atomic mass is 19.1. The maximum atomic E-state index is 13.0. The van der Waals surface area contributed by atoms with Crippen LogP contribution in [0.5, 0.6) is 0 Å². The SMILES string of the molecule is CN(C=O)Cc1ccc(F)c(B(O)O)c1. The molecule has 0 aliphatic carbocycles. The molecule has 0 saturated carbocycles. The molecule has 0 aromatic heterocycles. The van der Waals surface area contributed by atoms with Crippen LogP contribution in [0.25, 0.3) is 0 Å². The zero-order valence-electron chi connectivity index (χ0n) is 8.22. The van der Waals surface area contributed by atoms with Crippen molar-refractivity contribution < 1.29 is 19.2 Å². The van der Waals surface area contributed by atoms with Crippen LogP contribution < -0.4 is 5.46 Å². The highest BCUT2D eigenvalue weighted by molar-refractivity contribution is 6.58. The van der Waals surface area contributed by atoms with Crippen LogP contribution in [0.4, 0.5) is 4.39 Å². The third-order valence-corrected chi connectivity index (χ3v) is 1.95. The van der Waals surface area contributed by atoms with E-state index in [0.29, 0.717) is 18.5 Å². The van der Waals surface area contributed by atoms with Crippen LogP contribution in [0.1, 0.15) is 5.56 Å². The van der Waals surface area contributed by atoms with Crippen molar-refractivity contribution in [2.45, 2.75) is 6.54 Å². The highest BCUT2D eigenvalue weighted by Gasteiger charge is 2.16. The summed E-state index contributed by atoms with van der Waals surface area (Å²) in [5, 5.41) is 17.7. The molecule has 6 heteroatoms. The highest BCUT2D eigenvalue weighted by Crippen LogP contribution is 2.03. The van der Waals surface area contributed by atoms with E-state index in [1.807, 2.05) is 0 Å². The minimum atomic E-state index is -1.84. The molecule has 0 radical (unpaired) electrons. The minimum absolute atomic E-state index is 0.188. The Labute approximate surface area is 87.1 Å². The normalized spacial score (nSPS) is 9.87. The molecule has 0 fully saturated rings. The Kier molecular flexibility index (Phi) is 3.82. The summed E-state index contributed by atoms with van der Waals surface area (Å²) in [7, 11) is -0.266. The first-order chi connectivity index (χ1) is 7.04. The van der Waals surface area contributed by atoms with Gasteiger partial charge in [-0.1, -0.05) is 12.1 Å². The number of hydrogen-bond acceptors (Lipinski definition) is 3. The summed E-state index contributed by atoms with van der Waals surface area (Å²) in [5.41, 5.74) is 0.445. The van der Waals surface area contributed by atoms with Crippen molar-refractivity contribution in [1.29, 1.82) is 0 Å². The molecule has 1 rings (SSSR count). The quantitative estimate of drug-likeness (QED) is 0.500. The van der Waals surface area contributed by atoms with Crippen LogP contribution in [0, 0.1) is 5.82 Å². The van der Waals surface area contributed by atoms with Gasteiger partial charge in [-0.3, -0.25) is 4.79 Å². The Morgan fingerprint density at radius 1 is 1.53 bits per heavy atom. The van der Waals surface area contributed by atoms with E-state index in [4.69, 9.17) is 10.0 Å². The van der Waals surface area contributed by atoms with E-state index in [1.54, 1.807) is 7.05 Å². The third kappa shape index (κ3) is 3.04. The number of nitrogens with zero attached hydrogens (tertiary/aromatic N) is 1. The van der Waals surface area contributed by atoms with Gasteiger partial charge < -0.3 is 14.9 Å². The van der Waals surface area contributed by atoms with Gasteiger partial charge in [0.15, 0.2) is 0 Å². The Morgan fingerprint density at radius 2 is 2.20 bits per heavy atom. The lowest BCUT2D eigenvalue weighted by molar-refractivity contribution is -0.117. The molecule has 15 heavy (non-hydrogen) atoms. The van der Waals surface area contributed by atoms with E-state index >= 15 is 0 Å². The van der Waals surface area contributed by atoms with Gasteiger partial charge in [0, 0.05) is 19.1 Å². The molecule has 0 spiro atoms. The summed E-state index contributed by atoms with van der Waals surface area (Å²) >= 11 is 0. The lowest BCUT2D eigenvalue weighted by Gasteiger charge is -2.11. The standard InChI is InChI=1S/C9H11BFNO3/c1-12(6-13)5-7-2-3-9(11)8(4-7)10(14)15/h2-4,6,14-15H,5H2,1H3. The van der Waals surface area contributed by atoms with Crippen molar-refractivity contribution in [2.24, 2.45) is 0 Å². The molecular weight excluding hydrogens is 200 g/mol. The van der Waals surface area contributed by atoms with Gasteiger partial charge in [-0.05, 0) is 11.6 Å². The fraction of sp³-hybridized carbons (Fsp3) is 0.222. The zero-order chi connectivity index (χ0) is 11.4. The van der Waals surface area contributed by atoms with Crippen LogP contribution in [0.3, 0.4) is 0 Å². The number of benzene rings is 1. The van der Waals surface area contributed by atoms with Crippen molar-refractivity contribution in [2.75, 3.05) is 7.05 Å². The van der Waals surface area contributed by atoms with E-state index in [9.17, 15) is 9.18 Å². The molecule has 0 unspecified atom stereocenters. The van der Waals surface area contributed by atoms with E-state index in [2.05, 4.69) is 0 Å². The molecule has 1 aromatic rings. The third-order valence-electron chi connectivity index (χ3n) is 1.95. The predicted octanol–water partition coefficient (Wildman–Crippen LogP) is -0.906. The van der Waals surface area contributed by atoms with Crippen molar-refractivity contribution in [3.05, 3.63) is 29.6 Å². The second-order valence-electron chi connectivity index (χ2n) is 3.25. The summed E-state index contributed by atoms with van der Waals surface area (Å²) in [6.07, 6.45) is 0.637. The Bertz CT molecular complexity index is 359. The van der Waals surface area contributed by atoms with Gasteiger partial charge in [0.2, 0.25) is 6.41 Å². The largest absolute Gasteiger partial charge is 0.491 e. The van der Waals surface area contributed by atoms with Crippen LogP contribution in [-0.4, -0.2) is 35.5 Å². The molecule has 80 valence electrons. The maximum Gasteiger partial charge on any atom is 0.491 e. The van der Waals surface area contributed by atoms with Crippen LogP contribution in [0.2, 0.25) is 0 Å². The topological polar surface area (TPSA) is 60.8 Å². The summed E-state index contributed by atoms with van der Waals surface area (Å²) < 4.78 is 13.0. The molecule has 0 bridgehead atoms. The first-order valence-corrected chi connectivity index (χ1v) is 4.34. The van der Waals surface area contributed by atoms with Crippen LogP contribution in [0.15, 0.2) is 18.2 Å². The number of amides is 1. The smallest absolute Gasteiger partial charge is 0.423 e. The lowest BCUT2D eigenvalue weighted by Crippen LogP contribution is -2.33. The van der Waals surface area contributed by atoms with Crippen molar-refractivity contribution in [1.82, 2.24) is 4.90 Å². The van der Waals surface area contributed by atoms with Gasteiger partial charge in [-0.15, -0.1) is 0 Å². The molecule has 4 nitrogen and oxygen atoms in total. The molecule has 0 aliphatic rings. The van der Waals surface area contributed by atoms with Gasteiger partial charge in [-0.2, -0.15) is 0 Å². The first kappa shape index (κ1) is 11.7. The van der Waals surface area contributed by atoms with Gasteiger partial charge in [0.1, 0.15) is 5.82 Å².